The second-order valence-electron chi connectivity index (χ2n) is 4.59. The van der Waals surface area contributed by atoms with Gasteiger partial charge in [0.1, 0.15) is 23.3 Å². The second kappa shape index (κ2) is 5.83. The van der Waals surface area contributed by atoms with Crippen molar-refractivity contribution in [3.05, 3.63) is 70.8 Å². The lowest BCUT2D eigenvalue weighted by Gasteiger charge is -2.32. The van der Waals surface area contributed by atoms with Crippen molar-refractivity contribution < 1.29 is 27.8 Å². The predicted octanol–water partition coefficient (Wildman–Crippen LogP) is 2.51. The molecule has 2 aromatic carbocycles. The molecule has 2 rings (SSSR count). The molecule has 0 amide bonds. The molecule has 0 unspecified atom stereocenters. The molecule has 6 heteroatoms. The molecule has 0 fully saturated rings. The zero-order chi connectivity index (χ0) is 15.6. The highest BCUT2D eigenvalue weighted by atomic mass is 19.1. The summed E-state index contributed by atoms with van der Waals surface area (Å²) in [6, 6.07) is 5.69. The largest absolute Gasteiger partial charge is 0.395 e. The van der Waals surface area contributed by atoms with Crippen LogP contribution in [-0.2, 0) is 5.41 Å². The highest BCUT2D eigenvalue weighted by Crippen LogP contribution is 2.37. The summed E-state index contributed by atoms with van der Waals surface area (Å²) in [5.41, 5.74) is -3.82. The number of aliphatic hydroxyl groups is 2. The fourth-order valence-electron chi connectivity index (χ4n) is 2.40. The predicted molar refractivity (Wildman–Crippen MR) is 67.7 cm³/mol. The van der Waals surface area contributed by atoms with E-state index >= 15 is 0 Å². The van der Waals surface area contributed by atoms with Gasteiger partial charge in [-0.1, -0.05) is 12.1 Å². The number of rotatable bonds is 4. The van der Waals surface area contributed by atoms with Crippen LogP contribution in [0, 0.1) is 23.3 Å². The molecule has 2 nitrogen and oxygen atoms in total. The van der Waals surface area contributed by atoms with Gasteiger partial charge in [0.2, 0.25) is 0 Å². The maximum absolute atomic E-state index is 14.0. The Morgan fingerprint density at radius 1 is 0.667 bits per heavy atom. The first-order valence-electron chi connectivity index (χ1n) is 6.08. The van der Waals surface area contributed by atoms with Gasteiger partial charge in [-0.15, -0.1) is 0 Å². The minimum absolute atomic E-state index is 0.779. The van der Waals surface area contributed by atoms with E-state index in [9.17, 15) is 27.8 Å². The molecule has 0 aliphatic heterocycles. The molecule has 0 saturated carbocycles. The third-order valence-corrected chi connectivity index (χ3v) is 3.42. The number of halogens is 4. The van der Waals surface area contributed by atoms with Crippen LogP contribution in [0.4, 0.5) is 17.6 Å². The van der Waals surface area contributed by atoms with E-state index < -0.39 is 53.0 Å². The topological polar surface area (TPSA) is 40.5 Å². The van der Waals surface area contributed by atoms with Gasteiger partial charge in [0, 0.05) is 11.1 Å². The normalized spacial score (nSPS) is 11.7. The van der Waals surface area contributed by atoms with Gasteiger partial charge >= 0.3 is 0 Å². The molecule has 21 heavy (non-hydrogen) atoms. The van der Waals surface area contributed by atoms with Crippen molar-refractivity contribution >= 4 is 0 Å². The summed E-state index contributed by atoms with van der Waals surface area (Å²) in [6.45, 7) is -2.14. The molecule has 2 N–H and O–H groups in total. The highest BCUT2D eigenvalue weighted by Gasteiger charge is 2.42. The standard InChI is InChI=1S/C15H12F4O2/c16-9-3-1-4-10(17)13(9)15(7-20,8-21)14-11(18)5-2-6-12(14)19/h1-6,20-21H,7-8H2. The van der Waals surface area contributed by atoms with Crippen molar-refractivity contribution in [2.75, 3.05) is 13.2 Å². The Morgan fingerprint density at radius 3 is 1.19 bits per heavy atom. The van der Waals surface area contributed by atoms with Crippen LogP contribution in [0.2, 0.25) is 0 Å². The van der Waals surface area contributed by atoms with Gasteiger partial charge in [-0.25, -0.2) is 17.6 Å². The maximum atomic E-state index is 14.0. The van der Waals surface area contributed by atoms with Gasteiger partial charge in [0.05, 0.1) is 18.6 Å². The quantitative estimate of drug-likeness (QED) is 0.852. The molecular weight excluding hydrogens is 288 g/mol. The van der Waals surface area contributed by atoms with Crippen LogP contribution in [-0.4, -0.2) is 23.4 Å². The molecule has 2 aromatic rings. The lowest BCUT2D eigenvalue weighted by atomic mass is 9.74. The Balaban J connectivity index is 2.84. The zero-order valence-corrected chi connectivity index (χ0v) is 10.8. The van der Waals surface area contributed by atoms with E-state index in [1.54, 1.807) is 0 Å². The molecule has 0 spiro atoms. The first-order valence-corrected chi connectivity index (χ1v) is 6.08. The Morgan fingerprint density at radius 2 is 0.952 bits per heavy atom. The highest BCUT2D eigenvalue weighted by molar-refractivity contribution is 5.43. The lowest BCUT2D eigenvalue weighted by Crippen LogP contribution is -2.40. The molecule has 0 atom stereocenters. The maximum Gasteiger partial charge on any atom is 0.130 e. The Kier molecular flexibility index (Phi) is 4.29. The molecule has 0 aliphatic carbocycles. The summed E-state index contributed by atoms with van der Waals surface area (Å²) < 4.78 is 55.8. The number of hydrogen-bond acceptors (Lipinski definition) is 2. The minimum atomic E-state index is -2.26. The molecule has 0 radical (unpaired) electrons. The van der Waals surface area contributed by atoms with Gasteiger partial charge in [-0.05, 0) is 24.3 Å². The first-order chi connectivity index (χ1) is 9.97. The molecule has 112 valence electrons. The summed E-state index contributed by atoms with van der Waals surface area (Å²) in [4.78, 5) is 0. The van der Waals surface area contributed by atoms with Crippen LogP contribution in [0.15, 0.2) is 36.4 Å². The molecule has 0 aliphatic rings. The van der Waals surface area contributed by atoms with E-state index in [1.807, 2.05) is 0 Å². The van der Waals surface area contributed by atoms with E-state index in [0.29, 0.717) is 0 Å². The fourth-order valence-corrected chi connectivity index (χ4v) is 2.40. The average Bonchev–Trinajstić information content (AvgIpc) is 2.45. The zero-order valence-electron chi connectivity index (χ0n) is 10.8. The van der Waals surface area contributed by atoms with Crippen molar-refractivity contribution in [3.63, 3.8) is 0 Å². The SMILES string of the molecule is OCC(CO)(c1c(F)cccc1F)c1c(F)cccc1F. The average molecular weight is 300 g/mol. The number of aliphatic hydroxyl groups excluding tert-OH is 2. The number of benzene rings is 2. The molecule has 0 saturated heterocycles. The Hall–Kier alpha value is -1.92. The summed E-state index contributed by atoms with van der Waals surface area (Å²) >= 11 is 0. The third-order valence-electron chi connectivity index (χ3n) is 3.42. The monoisotopic (exact) mass is 300 g/mol. The van der Waals surface area contributed by atoms with Crippen LogP contribution in [0.5, 0.6) is 0 Å². The molecule has 0 heterocycles. The van der Waals surface area contributed by atoms with Gasteiger partial charge in [0.15, 0.2) is 0 Å². The molecular formula is C15H12F4O2. The van der Waals surface area contributed by atoms with Crippen LogP contribution in [0.25, 0.3) is 0 Å². The van der Waals surface area contributed by atoms with Crippen molar-refractivity contribution in [1.82, 2.24) is 0 Å². The van der Waals surface area contributed by atoms with Crippen molar-refractivity contribution in [1.29, 1.82) is 0 Å². The van der Waals surface area contributed by atoms with E-state index in [0.717, 1.165) is 36.4 Å². The van der Waals surface area contributed by atoms with Crippen LogP contribution in [0.3, 0.4) is 0 Å². The van der Waals surface area contributed by atoms with Crippen molar-refractivity contribution in [2.24, 2.45) is 0 Å². The summed E-state index contributed by atoms with van der Waals surface area (Å²) in [7, 11) is 0. The number of hydrogen-bond donors (Lipinski definition) is 2. The van der Waals surface area contributed by atoms with Crippen LogP contribution < -0.4 is 0 Å². The summed E-state index contributed by atoms with van der Waals surface area (Å²) in [5.74, 6) is -4.44. The van der Waals surface area contributed by atoms with E-state index in [1.165, 1.54) is 0 Å². The van der Waals surface area contributed by atoms with Gasteiger partial charge < -0.3 is 10.2 Å². The second-order valence-corrected chi connectivity index (χ2v) is 4.59. The Bertz CT molecular complexity index is 560. The smallest absolute Gasteiger partial charge is 0.130 e. The molecule has 0 aromatic heterocycles. The third kappa shape index (κ3) is 2.41. The molecule has 0 bridgehead atoms. The van der Waals surface area contributed by atoms with E-state index in [-0.39, 0.29) is 0 Å². The summed E-state index contributed by atoms with van der Waals surface area (Å²) in [5, 5.41) is 19.1. The van der Waals surface area contributed by atoms with E-state index in [2.05, 4.69) is 0 Å². The lowest BCUT2D eigenvalue weighted by molar-refractivity contribution is 0.131. The van der Waals surface area contributed by atoms with E-state index in [4.69, 9.17) is 0 Å². The fraction of sp³-hybridized carbons (Fsp3) is 0.200. The van der Waals surface area contributed by atoms with Gasteiger partial charge in [-0.3, -0.25) is 0 Å². The Labute approximate surface area is 118 Å². The minimum Gasteiger partial charge on any atom is -0.395 e. The first kappa shape index (κ1) is 15.5. The van der Waals surface area contributed by atoms with Crippen LogP contribution >= 0.6 is 0 Å². The van der Waals surface area contributed by atoms with Gasteiger partial charge in [-0.2, -0.15) is 0 Å². The van der Waals surface area contributed by atoms with Crippen molar-refractivity contribution in [3.8, 4) is 0 Å². The van der Waals surface area contributed by atoms with Crippen LogP contribution in [0.1, 0.15) is 11.1 Å². The summed E-state index contributed by atoms with van der Waals surface area (Å²) in [6.07, 6.45) is 0. The van der Waals surface area contributed by atoms with Crippen molar-refractivity contribution in [2.45, 2.75) is 5.41 Å². The van der Waals surface area contributed by atoms with Gasteiger partial charge in [0.25, 0.3) is 0 Å².